The highest BCUT2D eigenvalue weighted by atomic mass is 31.0. The number of guanidine groups is 1. The summed E-state index contributed by atoms with van der Waals surface area (Å²) in [5.41, 5.74) is 5.07. The largest absolute Gasteiger partial charge is 0.370 e. The lowest BCUT2D eigenvalue weighted by Gasteiger charge is -1.89. The first-order valence-corrected chi connectivity index (χ1v) is 2.40. The second-order valence-electron chi connectivity index (χ2n) is 0.659. The Kier molecular flexibility index (Phi) is 3.40. The van der Waals surface area contributed by atoms with E-state index >= 15 is 0 Å². The molecule has 0 spiro atoms. The van der Waals surface area contributed by atoms with Crippen molar-refractivity contribution in [2.45, 2.75) is 0 Å². The van der Waals surface area contributed by atoms with Crippen molar-refractivity contribution in [1.29, 1.82) is 0 Å². The van der Waals surface area contributed by atoms with Crippen molar-refractivity contribution in [3.63, 3.8) is 0 Å². The molecule has 3 nitrogen and oxygen atoms in total. The summed E-state index contributed by atoms with van der Waals surface area (Å²) >= 11 is 0. The van der Waals surface area contributed by atoms with Crippen molar-refractivity contribution in [1.82, 2.24) is 5.09 Å². The van der Waals surface area contributed by atoms with E-state index in [0.29, 0.717) is 5.96 Å². The van der Waals surface area contributed by atoms with Gasteiger partial charge in [0.15, 0.2) is 5.96 Å². The molecule has 0 fully saturated rings. The summed E-state index contributed by atoms with van der Waals surface area (Å²) in [6.45, 7) is 0. The Balaban J connectivity index is 3.22. The lowest BCUT2D eigenvalue weighted by Crippen LogP contribution is -2.21. The topological polar surface area (TPSA) is 50.4 Å². The minimum Gasteiger partial charge on any atom is -0.370 e. The van der Waals surface area contributed by atoms with Crippen molar-refractivity contribution in [3.05, 3.63) is 0 Å². The van der Waals surface area contributed by atoms with Crippen molar-refractivity contribution < 1.29 is 0 Å². The van der Waals surface area contributed by atoms with Crippen molar-refractivity contribution in [3.8, 4) is 0 Å². The molecule has 2 unspecified atom stereocenters. The molecule has 0 aliphatic heterocycles. The Morgan fingerprint density at radius 3 is 2.33 bits per heavy atom. The van der Waals surface area contributed by atoms with Crippen LogP contribution < -0.4 is 10.8 Å². The van der Waals surface area contributed by atoms with E-state index in [1.807, 2.05) is 0 Å². The zero-order valence-corrected chi connectivity index (χ0v) is 5.49. The van der Waals surface area contributed by atoms with E-state index in [9.17, 15) is 0 Å². The van der Waals surface area contributed by atoms with Crippen LogP contribution in [0.5, 0.6) is 0 Å². The van der Waals surface area contributed by atoms with E-state index in [4.69, 9.17) is 5.73 Å². The molecule has 0 aromatic carbocycles. The minimum absolute atomic E-state index is 0.394. The highest BCUT2D eigenvalue weighted by Crippen LogP contribution is 1.78. The summed E-state index contributed by atoms with van der Waals surface area (Å²) in [6, 6.07) is 0. The van der Waals surface area contributed by atoms with Gasteiger partial charge in [-0.05, 0) is 18.8 Å². The van der Waals surface area contributed by atoms with Crippen LogP contribution in [0.4, 0.5) is 0 Å². The highest BCUT2D eigenvalue weighted by Gasteiger charge is 1.72. The molecule has 0 radical (unpaired) electrons. The molecule has 6 heavy (non-hydrogen) atoms. The van der Waals surface area contributed by atoms with Gasteiger partial charge in [-0.3, -0.25) is 0 Å². The molecular weight excluding hydrogens is 116 g/mol. The lowest BCUT2D eigenvalue weighted by atomic mass is 11.1. The van der Waals surface area contributed by atoms with E-state index in [1.165, 1.54) is 0 Å². The number of rotatable bonds is 0. The van der Waals surface area contributed by atoms with Crippen LogP contribution in [-0.4, -0.2) is 5.96 Å². The highest BCUT2D eigenvalue weighted by molar-refractivity contribution is 7.16. The van der Waals surface area contributed by atoms with E-state index in [1.54, 1.807) is 0 Å². The quantitative estimate of drug-likeness (QED) is 0.258. The number of nitrogens with two attached hydrogens (primary N) is 1. The fourth-order valence-electron chi connectivity index (χ4n) is 0.0373. The van der Waals surface area contributed by atoms with E-state index in [0.717, 1.165) is 0 Å². The fraction of sp³-hybridized carbons (Fsp3) is 0. The Hall–Kier alpha value is 0.130. The van der Waals surface area contributed by atoms with Crippen LogP contribution in [-0.2, 0) is 0 Å². The van der Waals surface area contributed by atoms with E-state index in [2.05, 4.69) is 28.6 Å². The van der Waals surface area contributed by atoms with Crippen LogP contribution >= 0.6 is 18.8 Å². The van der Waals surface area contributed by atoms with Crippen LogP contribution in [0.3, 0.4) is 0 Å². The summed E-state index contributed by atoms with van der Waals surface area (Å²) in [7, 11) is 4.35. The molecule has 0 saturated carbocycles. The first-order valence-electron chi connectivity index (χ1n) is 1.31. The standard InChI is InChI=1S/CH7N3P2/c2-1(3-5)4-6/h5-6H2,(H3,2,3,4). The van der Waals surface area contributed by atoms with E-state index < -0.39 is 0 Å². The first-order chi connectivity index (χ1) is 2.81. The summed E-state index contributed by atoms with van der Waals surface area (Å²) in [4.78, 5) is 0. The van der Waals surface area contributed by atoms with Crippen LogP contribution in [0.1, 0.15) is 0 Å². The molecule has 0 heterocycles. The third-order valence-electron chi connectivity index (χ3n) is 0.287. The van der Waals surface area contributed by atoms with Crippen molar-refractivity contribution in [2.24, 2.45) is 10.5 Å². The molecule has 0 bridgehead atoms. The predicted molar refractivity (Wildman–Crippen MR) is 34.2 cm³/mol. The number of hydrogen-bond acceptors (Lipinski definition) is 1. The summed E-state index contributed by atoms with van der Waals surface area (Å²) in [5.74, 6) is 0.394. The Morgan fingerprint density at radius 2 is 2.33 bits per heavy atom. The molecule has 0 rings (SSSR count). The fourth-order valence-corrected chi connectivity index (χ4v) is 0.335. The third-order valence-corrected chi connectivity index (χ3v) is 0.861. The van der Waals surface area contributed by atoms with Crippen LogP contribution in [0.2, 0.25) is 0 Å². The third kappa shape index (κ3) is 2.37. The Morgan fingerprint density at radius 1 is 1.83 bits per heavy atom. The monoisotopic (exact) mass is 123 g/mol. The van der Waals surface area contributed by atoms with Gasteiger partial charge in [-0.2, -0.15) is 0 Å². The molecule has 0 amide bonds. The lowest BCUT2D eigenvalue weighted by molar-refractivity contribution is 1.43. The molecule has 0 aliphatic rings. The average Bonchev–Trinajstić information content (AvgIpc) is 1.65. The van der Waals surface area contributed by atoms with Gasteiger partial charge in [0.05, 0.1) is 0 Å². The van der Waals surface area contributed by atoms with Crippen LogP contribution in [0.25, 0.3) is 0 Å². The van der Waals surface area contributed by atoms with Gasteiger partial charge in [0.2, 0.25) is 0 Å². The zero-order chi connectivity index (χ0) is 4.99. The summed E-state index contributed by atoms with van der Waals surface area (Å²) in [5, 5.41) is 2.54. The Bertz CT molecular complexity index is 59.8. The number of nitrogens with zero attached hydrogens (tertiary/aromatic N) is 1. The zero-order valence-electron chi connectivity index (χ0n) is 3.18. The predicted octanol–water partition coefficient (Wildman–Crippen LogP) is -0.529. The normalized spacial score (nSPS) is 11.3. The maximum absolute atomic E-state index is 5.07. The first kappa shape index (κ1) is 6.13. The van der Waals surface area contributed by atoms with Gasteiger partial charge in [-0.25, -0.2) is 4.76 Å². The SMILES string of the molecule is NC(=NP)NP. The maximum Gasteiger partial charge on any atom is 0.194 e. The van der Waals surface area contributed by atoms with Gasteiger partial charge in [0.25, 0.3) is 0 Å². The Labute approximate surface area is 41.3 Å². The molecule has 0 aromatic heterocycles. The summed E-state index contributed by atoms with van der Waals surface area (Å²) < 4.78 is 3.49. The molecular formula is CH7N3P2. The van der Waals surface area contributed by atoms with Crippen LogP contribution in [0.15, 0.2) is 4.76 Å². The molecule has 0 aliphatic carbocycles. The smallest absolute Gasteiger partial charge is 0.194 e. The molecule has 0 aromatic rings. The average molecular weight is 123 g/mol. The van der Waals surface area contributed by atoms with Gasteiger partial charge in [-0.15, -0.1) is 0 Å². The number of hydrogen-bond donors (Lipinski definition) is 2. The van der Waals surface area contributed by atoms with Crippen molar-refractivity contribution >= 4 is 24.7 Å². The molecule has 2 atom stereocenters. The second-order valence-corrected chi connectivity index (χ2v) is 1.21. The van der Waals surface area contributed by atoms with Gasteiger partial charge < -0.3 is 10.8 Å². The minimum atomic E-state index is 0.394. The van der Waals surface area contributed by atoms with Crippen LogP contribution in [0, 0.1) is 0 Å². The summed E-state index contributed by atoms with van der Waals surface area (Å²) in [6.07, 6.45) is 0. The van der Waals surface area contributed by atoms with Gasteiger partial charge in [0.1, 0.15) is 0 Å². The number of nitrogens with one attached hydrogen (secondary N) is 1. The van der Waals surface area contributed by atoms with Gasteiger partial charge in [-0.1, -0.05) is 0 Å². The molecule has 0 saturated heterocycles. The second kappa shape index (κ2) is 3.32. The molecule has 36 valence electrons. The van der Waals surface area contributed by atoms with Gasteiger partial charge in [0, 0.05) is 0 Å². The molecule has 5 heteroatoms. The van der Waals surface area contributed by atoms with Gasteiger partial charge >= 0.3 is 0 Å². The van der Waals surface area contributed by atoms with Crippen molar-refractivity contribution in [2.75, 3.05) is 0 Å². The maximum atomic E-state index is 5.07. The van der Waals surface area contributed by atoms with E-state index in [-0.39, 0.29) is 0 Å². The molecule has 3 N–H and O–H groups in total.